The molecule has 0 unspecified atom stereocenters. The van der Waals surface area contributed by atoms with Crippen LogP contribution in [0.1, 0.15) is 10.4 Å². The Bertz CT molecular complexity index is 1250. The molecule has 0 aliphatic carbocycles. The number of hydrogen-bond donors (Lipinski definition) is 0. The first-order chi connectivity index (χ1) is 15.7. The van der Waals surface area contributed by atoms with Crippen LogP contribution in [0.5, 0.6) is 5.75 Å². The Labute approximate surface area is 187 Å². The summed E-state index contributed by atoms with van der Waals surface area (Å²) in [5.41, 5.74) is 2.56. The van der Waals surface area contributed by atoms with Crippen molar-refractivity contribution in [3.8, 4) is 17.0 Å². The number of ether oxygens (including phenoxy) is 1. The van der Waals surface area contributed by atoms with Crippen molar-refractivity contribution in [3.05, 3.63) is 84.4 Å². The van der Waals surface area contributed by atoms with Gasteiger partial charge in [-0.3, -0.25) is 4.79 Å². The first-order valence-corrected chi connectivity index (χ1v) is 10.7. The van der Waals surface area contributed by atoms with E-state index >= 15 is 0 Å². The van der Waals surface area contributed by atoms with Crippen LogP contribution in [0.25, 0.3) is 22.0 Å². The zero-order valence-electron chi connectivity index (χ0n) is 17.9. The molecule has 3 aromatic carbocycles. The van der Waals surface area contributed by atoms with Gasteiger partial charge in [0.2, 0.25) is 0 Å². The SMILES string of the molecule is COc1cccc(C(=O)N2CCN(c3ccc(-c4ccc5ccccc5c4)nn3)CC2)c1. The van der Waals surface area contributed by atoms with Crippen LogP contribution in [0, 0.1) is 0 Å². The molecule has 0 radical (unpaired) electrons. The summed E-state index contributed by atoms with van der Waals surface area (Å²) in [6.45, 7) is 2.73. The monoisotopic (exact) mass is 424 g/mol. The topological polar surface area (TPSA) is 58.6 Å². The Kier molecular flexibility index (Phi) is 5.42. The number of methoxy groups -OCH3 is 1. The van der Waals surface area contributed by atoms with Gasteiger partial charge in [0, 0.05) is 37.3 Å². The van der Waals surface area contributed by atoms with Gasteiger partial charge in [0.25, 0.3) is 5.91 Å². The Balaban J connectivity index is 1.25. The molecule has 5 rings (SSSR count). The van der Waals surface area contributed by atoms with Crippen molar-refractivity contribution in [2.24, 2.45) is 0 Å². The summed E-state index contributed by atoms with van der Waals surface area (Å²) < 4.78 is 5.24. The first-order valence-electron chi connectivity index (χ1n) is 10.7. The van der Waals surface area contributed by atoms with Gasteiger partial charge in [0.15, 0.2) is 5.82 Å². The van der Waals surface area contributed by atoms with E-state index in [1.165, 1.54) is 10.8 Å². The van der Waals surface area contributed by atoms with Crippen LogP contribution >= 0.6 is 0 Å². The molecule has 0 N–H and O–H groups in total. The molecule has 1 saturated heterocycles. The summed E-state index contributed by atoms with van der Waals surface area (Å²) in [5, 5.41) is 11.3. The predicted octanol–water partition coefficient (Wildman–Crippen LogP) is 4.27. The number of carbonyl (C=O) groups is 1. The van der Waals surface area contributed by atoms with Crippen molar-refractivity contribution in [2.45, 2.75) is 0 Å². The zero-order valence-corrected chi connectivity index (χ0v) is 17.9. The third-order valence-electron chi connectivity index (χ3n) is 5.90. The van der Waals surface area contributed by atoms with E-state index in [0.29, 0.717) is 24.4 Å². The normalized spacial score (nSPS) is 13.9. The van der Waals surface area contributed by atoms with E-state index < -0.39 is 0 Å². The number of benzene rings is 3. The number of fused-ring (bicyclic) bond motifs is 1. The smallest absolute Gasteiger partial charge is 0.254 e. The maximum Gasteiger partial charge on any atom is 0.254 e. The summed E-state index contributed by atoms with van der Waals surface area (Å²) in [5.74, 6) is 1.56. The average Bonchev–Trinajstić information content (AvgIpc) is 2.88. The van der Waals surface area contributed by atoms with E-state index in [1.54, 1.807) is 13.2 Å². The Morgan fingerprint density at radius 2 is 1.62 bits per heavy atom. The molecule has 0 saturated carbocycles. The molecule has 32 heavy (non-hydrogen) atoms. The van der Waals surface area contributed by atoms with Crippen LogP contribution in [0.4, 0.5) is 5.82 Å². The summed E-state index contributed by atoms with van der Waals surface area (Å²) >= 11 is 0. The number of anilines is 1. The fourth-order valence-corrected chi connectivity index (χ4v) is 4.07. The standard InChI is InChI=1S/C26H24N4O2/c1-32-23-8-4-7-22(18-23)26(31)30-15-13-29(14-16-30)25-12-11-24(27-28-25)21-10-9-19-5-2-3-6-20(19)17-21/h2-12,17-18H,13-16H2,1H3. The van der Waals surface area contributed by atoms with Crippen molar-refractivity contribution in [1.82, 2.24) is 15.1 Å². The van der Waals surface area contributed by atoms with Gasteiger partial charge in [0.05, 0.1) is 12.8 Å². The average molecular weight is 425 g/mol. The van der Waals surface area contributed by atoms with Crippen LogP contribution in [-0.2, 0) is 0 Å². The van der Waals surface area contributed by atoms with Crippen LogP contribution in [0.2, 0.25) is 0 Å². The van der Waals surface area contributed by atoms with Crippen LogP contribution in [0.3, 0.4) is 0 Å². The second-order valence-electron chi connectivity index (χ2n) is 7.85. The van der Waals surface area contributed by atoms with Crippen LogP contribution in [0.15, 0.2) is 78.9 Å². The van der Waals surface area contributed by atoms with Gasteiger partial charge in [0.1, 0.15) is 5.75 Å². The van der Waals surface area contributed by atoms with Crippen molar-refractivity contribution in [1.29, 1.82) is 0 Å². The number of nitrogens with zero attached hydrogens (tertiary/aromatic N) is 4. The fraction of sp³-hybridized carbons (Fsp3) is 0.192. The second-order valence-corrected chi connectivity index (χ2v) is 7.85. The van der Waals surface area contributed by atoms with Gasteiger partial charge in [-0.25, -0.2) is 0 Å². The highest BCUT2D eigenvalue weighted by molar-refractivity contribution is 5.94. The molecule has 6 heteroatoms. The number of carbonyl (C=O) groups excluding carboxylic acids is 1. The van der Waals surface area contributed by atoms with Crippen molar-refractivity contribution < 1.29 is 9.53 Å². The van der Waals surface area contributed by atoms with Gasteiger partial charge < -0.3 is 14.5 Å². The third-order valence-corrected chi connectivity index (χ3v) is 5.90. The molecule has 1 fully saturated rings. The molecule has 4 aromatic rings. The van der Waals surface area contributed by atoms with Crippen molar-refractivity contribution in [2.75, 3.05) is 38.2 Å². The zero-order chi connectivity index (χ0) is 21.9. The Morgan fingerprint density at radius 3 is 2.38 bits per heavy atom. The van der Waals surface area contributed by atoms with E-state index in [1.807, 2.05) is 47.4 Å². The number of piperazine rings is 1. The molecule has 1 amide bonds. The van der Waals surface area contributed by atoms with E-state index in [9.17, 15) is 4.79 Å². The number of amides is 1. The lowest BCUT2D eigenvalue weighted by molar-refractivity contribution is 0.0746. The minimum atomic E-state index is 0.0290. The van der Waals surface area contributed by atoms with Gasteiger partial charge >= 0.3 is 0 Å². The predicted molar refractivity (Wildman–Crippen MR) is 126 cm³/mol. The van der Waals surface area contributed by atoms with Gasteiger partial charge in [-0.15, -0.1) is 10.2 Å². The molecule has 0 bridgehead atoms. The Morgan fingerprint density at radius 1 is 0.812 bits per heavy atom. The molecule has 0 atom stereocenters. The van der Waals surface area contributed by atoms with E-state index in [2.05, 4.69) is 45.4 Å². The summed E-state index contributed by atoms with van der Waals surface area (Å²) in [6.07, 6.45) is 0. The molecular weight excluding hydrogens is 400 g/mol. The van der Waals surface area contributed by atoms with E-state index in [-0.39, 0.29) is 5.91 Å². The first kappa shape index (κ1) is 20.0. The summed E-state index contributed by atoms with van der Waals surface area (Å²) in [6, 6.07) is 25.9. The Hall–Kier alpha value is -3.93. The number of rotatable bonds is 4. The van der Waals surface area contributed by atoms with Crippen LogP contribution < -0.4 is 9.64 Å². The number of hydrogen-bond acceptors (Lipinski definition) is 5. The van der Waals surface area contributed by atoms with Gasteiger partial charge in [-0.1, -0.05) is 42.5 Å². The molecule has 1 aliphatic rings. The quantitative estimate of drug-likeness (QED) is 0.490. The molecule has 1 aliphatic heterocycles. The molecule has 6 nitrogen and oxygen atoms in total. The largest absolute Gasteiger partial charge is 0.497 e. The van der Waals surface area contributed by atoms with Crippen molar-refractivity contribution in [3.63, 3.8) is 0 Å². The maximum atomic E-state index is 12.8. The number of aromatic nitrogens is 2. The minimum Gasteiger partial charge on any atom is -0.497 e. The van der Waals surface area contributed by atoms with Gasteiger partial charge in [-0.05, 0) is 47.2 Å². The van der Waals surface area contributed by atoms with Gasteiger partial charge in [-0.2, -0.15) is 0 Å². The third kappa shape index (κ3) is 3.99. The fourth-order valence-electron chi connectivity index (χ4n) is 4.07. The summed E-state index contributed by atoms with van der Waals surface area (Å²) in [7, 11) is 1.61. The molecular formula is C26H24N4O2. The van der Waals surface area contributed by atoms with Crippen LogP contribution in [-0.4, -0.2) is 54.3 Å². The highest BCUT2D eigenvalue weighted by Gasteiger charge is 2.23. The lowest BCUT2D eigenvalue weighted by atomic mass is 10.1. The molecule has 1 aromatic heterocycles. The van der Waals surface area contributed by atoms with E-state index in [0.717, 1.165) is 30.2 Å². The highest BCUT2D eigenvalue weighted by Crippen LogP contribution is 2.24. The maximum absolute atomic E-state index is 12.8. The molecule has 0 spiro atoms. The molecule has 160 valence electrons. The van der Waals surface area contributed by atoms with E-state index in [4.69, 9.17) is 4.74 Å². The molecule has 2 heterocycles. The lowest BCUT2D eigenvalue weighted by Crippen LogP contribution is -2.49. The second kappa shape index (κ2) is 8.67. The van der Waals surface area contributed by atoms with Crippen molar-refractivity contribution >= 4 is 22.5 Å². The highest BCUT2D eigenvalue weighted by atomic mass is 16.5. The lowest BCUT2D eigenvalue weighted by Gasteiger charge is -2.35. The minimum absolute atomic E-state index is 0.0290. The summed E-state index contributed by atoms with van der Waals surface area (Å²) in [4.78, 5) is 16.9.